The van der Waals surface area contributed by atoms with E-state index in [1.165, 1.54) is 23.9 Å². The van der Waals surface area contributed by atoms with Gasteiger partial charge in [-0.15, -0.1) is 11.8 Å². The van der Waals surface area contributed by atoms with Crippen LogP contribution in [0.5, 0.6) is 0 Å². The number of hydrogen-bond donors (Lipinski definition) is 1. The molecule has 0 aliphatic carbocycles. The quantitative estimate of drug-likeness (QED) is 0.639. The fourth-order valence-corrected chi connectivity index (χ4v) is 2.87. The van der Waals surface area contributed by atoms with Crippen molar-refractivity contribution in [2.24, 2.45) is 0 Å². The normalized spacial score (nSPS) is 12.1. The zero-order valence-corrected chi connectivity index (χ0v) is 12.7. The van der Waals surface area contributed by atoms with E-state index in [0.717, 1.165) is 18.4 Å². The molecule has 0 aromatic heterocycles. The van der Waals surface area contributed by atoms with Crippen LogP contribution in [0.25, 0.3) is 0 Å². The molecule has 0 unspecified atom stereocenters. The van der Waals surface area contributed by atoms with E-state index in [1.807, 2.05) is 0 Å². The minimum absolute atomic E-state index is 0.230. The van der Waals surface area contributed by atoms with E-state index in [1.54, 1.807) is 0 Å². The second-order valence-corrected chi connectivity index (χ2v) is 7.19. The molecule has 0 aliphatic heterocycles. The molecule has 0 spiro atoms. The van der Waals surface area contributed by atoms with Crippen molar-refractivity contribution >= 4 is 21.8 Å². The molecule has 0 atom stereocenters. The molecule has 0 bridgehead atoms. The zero-order chi connectivity index (χ0) is 16.1. The second kappa shape index (κ2) is 7.15. The number of nitrogens with one attached hydrogen (secondary N) is 1. The number of nitrogens with zero attached hydrogens (tertiary/aromatic N) is 1. The molecule has 116 valence electrons. The first-order chi connectivity index (χ1) is 9.63. The summed E-state index contributed by atoms with van der Waals surface area (Å²) in [7, 11) is -3.25. The lowest BCUT2D eigenvalue weighted by molar-refractivity contribution is -0.137. The summed E-state index contributed by atoms with van der Waals surface area (Å²) >= 11 is 1.18. The first kappa shape index (κ1) is 17.8. The number of sulfonamides is 1. The van der Waals surface area contributed by atoms with Crippen molar-refractivity contribution in [2.45, 2.75) is 17.5 Å². The SMILES string of the molecule is CS(=O)(=O)NCCCSc1ccc(C#N)c(C(F)(F)F)c1. The summed E-state index contributed by atoms with van der Waals surface area (Å²) in [6, 6.07) is 5.04. The highest BCUT2D eigenvalue weighted by Crippen LogP contribution is 2.34. The Morgan fingerprint density at radius 2 is 2.05 bits per heavy atom. The number of alkyl halides is 3. The smallest absolute Gasteiger partial charge is 0.215 e. The fraction of sp³-hybridized carbons (Fsp3) is 0.417. The van der Waals surface area contributed by atoms with Gasteiger partial charge >= 0.3 is 6.18 Å². The molecule has 1 aromatic carbocycles. The van der Waals surface area contributed by atoms with Gasteiger partial charge in [0, 0.05) is 11.4 Å². The van der Waals surface area contributed by atoms with Crippen molar-refractivity contribution in [2.75, 3.05) is 18.6 Å². The predicted molar refractivity (Wildman–Crippen MR) is 74.3 cm³/mol. The van der Waals surface area contributed by atoms with Gasteiger partial charge in [-0.25, -0.2) is 13.1 Å². The number of benzene rings is 1. The lowest BCUT2D eigenvalue weighted by Gasteiger charge is -2.10. The van der Waals surface area contributed by atoms with Crippen LogP contribution in [0, 0.1) is 11.3 Å². The minimum Gasteiger partial charge on any atom is -0.215 e. The standard InChI is InChI=1S/C12H13F3N2O2S2/c1-21(18,19)17-5-2-6-20-10-4-3-9(8-16)11(7-10)12(13,14)15/h3-4,7,17H,2,5-6H2,1H3. The van der Waals surface area contributed by atoms with Crippen molar-refractivity contribution in [3.05, 3.63) is 29.3 Å². The van der Waals surface area contributed by atoms with E-state index in [-0.39, 0.29) is 6.54 Å². The second-order valence-electron chi connectivity index (χ2n) is 4.19. The summed E-state index contributed by atoms with van der Waals surface area (Å²) in [6.45, 7) is 0.230. The molecule has 4 nitrogen and oxygen atoms in total. The summed E-state index contributed by atoms with van der Waals surface area (Å²) in [5.41, 5.74) is -1.37. The zero-order valence-electron chi connectivity index (χ0n) is 11.1. The first-order valence-electron chi connectivity index (χ1n) is 5.82. The molecule has 0 saturated carbocycles. The largest absolute Gasteiger partial charge is 0.417 e. The Bertz CT molecular complexity index is 637. The van der Waals surface area contributed by atoms with Crippen LogP contribution < -0.4 is 4.72 Å². The molecule has 0 amide bonds. The van der Waals surface area contributed by atoms with Crippen LogP contribution in [-0.2, 0) is 16.2 Å². The lowest BCUT2D eigenvalue weighted by Crippen LogP contribution is -2.23. The number of nitriles is 1. The fourth-order valence-electron chi connectivity index (χ4n) is 1.46. The van der Waals surface area contributed by atoms with Gasteiger partial charge in [0.05, 0.1) is 23.5 Å². The van der Waals surface area contributed by atoms with E-state index in [2.05, 4.69) is 4.72 Å². The van der Waals surface area contributed by atoms with Crippen LogP contribution in [0.15, 0.2) is 23.1 Å². The molecule has 0 fully saturated rings. The van der Waals surface area contributed by atoms with Crippen molar-refractivity contribution in [3.63, 3.8) is 0 Å². The van der Waals surface area contributed by atoms with Gasteiger partial charge in [-0.2, -0.15) is 18.4 Å². The van der Waals surface area contributed by atoms with Crippen LogP contribution in [-0.4, -0.2) is 27.0 Å². The van der Waals surface area contributed by atoms with Gasteiger partial charge in [-0.05, 0) is 30.4 Å². The Morgan fingerprint density at radius 1 is 1.38 bits per heavy atom. The monoisotopic (exact) mass is 338 g/mol. The van der Waals surface area contributed by atoms with Crippen molar-refractivity contribution < 1.29 is 21.6 Å². The summed E-state index contributed by atoms with van der Waals surface area (Å²) in [5.74, 6) is 0.464. The van der Waals surface area contributed by atoms with Gasteiger partial charge in [0.15, 0.2) is 0 Å². The highest BCUT2D eigenvalue weighted by molar-refractivity contribution is 7.99. The Labute approximate surface area is 125 Å². The van der Waals surface area contributed by atoms with Gasteiger partial charge in [0.25, 0.3) is 0 Å². The molecule has 0 radical (unpaired) electrons. The third kappa shape index (κ3) is 6.37. The van der Waals surface area contributed by atoms with Crippen molar-refractivity contribution in [3.8, 4) is 6.07 Å². The molecular weight excluding hydrogens is 325 g/mol. The van der Waals surface area contributed by atoms with Gasteiger partial charge < -0.3 is 0 Å². The maximum absolute atomic E-state index is 12.8. The molecule has 0 heterocycles. The summed E-state index contributed by atoms with van der Waals surface area (Å²) in [6.07, 6.45) is -3.05. The maximum atomic E-state index is 12.8. The van der Waals surface area contributed by atoms with Crippen LogP contribution in [0.3, 0.4) is 0 Å². The maximum Gasteiger partial charge on any atom is 0.417 e. The number of halogens is 3. The summed E-state index contributed by atoms with van der Waals surface area (Å²) in [5, 5.41) is 8.67. The summed E-state index contributed by atoms with van der Waals surface area (Å²) in [4.78, 5) is 0.390. The average Bonchev–Trinajstić information content (AvgIpc) is 2.35. The Morgan fingerprint density at radius 3 is 2.57 bits per heavy atom. The molecule has 21 heavy (non-hydrogen) atoms. The van der Waals surface area contributed by atoms with E-state index in [9.17, 15) is 21.6 Å². The highest BCUT2D eigenvalue weighted by atomic mass is 32.2. The van der Waals surface area contributed by atoms with Gasteiger partial charge in [-0.3, -0.25) is 0 Å². The Balaban J connectivity index is 2.63. The minimum atomic E-state index is -4.57. The number of rotatable bonds is 6. The Hall–Kier alpha value is -1.24. The van der Waals surface area contributed by atoms with Crippen LogP contribution in [0.1, 0.15) is 17.5 Å². The van der Waals surface area contributed by atoms with Gasteiger partial charge in [0.2, 0.25) is 10.0 Å². The van der Waals surface area contributed by atoms with Crippen molar-refractivity contribution in [1.29, 1.82) is 5.26 Å². The highest BCUT2D eigenvalue weighted by Gasteiger charge is 2.33. The van der Waals surface area contributed by atoms with E-state index in [4.69, 9.17) is 5.26 Å². The molecule has 1 N–H and O–H groups in total. The molecule has 1 aromatic rings. The number of thioether (sulfide) groups is 1. The molecular formula is C12H13F3N2O2S2. The van der Waals surface area contributed by atoms with Gasteiger partial charge in [-0.1, -0.05) is 0 Å². The third-order valence-electron chi connectivity index (χ3n) is 2.37. The van der Waals surface area contributed by atoms with E-state index < -0.39 is 27.3 Å². The van der Waals surface area contributed by atoms with Crippen LogP contribution in [0.2, 0.25) is 0 Å². The number of hydrogen-bond acceptors (Lipinski definition) is 4. The van der Waals surface area contributed by atoms with Crippen LogP contribution >= 0.6 is 11.8 Å². The third-order valence-corrected chi connectivity index (χ3v) is 4.18. The molecule has 9 heteroatoms. The van der Waals surface area contributed by atoms with E-state index >= 15 is 0 Å². The molecule has 0 aliphatic rings. The Kier molecular flexibility index (Phi) is 6.07. The molecule has 0 saturated heterocycles. The lowest BCUT2D eigenvalue weighted by atomic mass is 10.1. The van der Waals surface area contributed by atoms with Gasteiger partial charge in [0.1, 0.15) is 0 Å². The summed E-state index contributed by atoms with van der Waals surface area (Å²) < 4.78 is 62.2. The predicted octanol–water partition coefficient (Wildman–Crippen LogP) is 2.61. The van der Waals surface area contributed by atoms with Crippen LogP contribution in [0.4, 0.5) is 13.2 Å². The molecule has 1 rings (SSSR count). The van der Waals surface area contributed by atoms with Crippen molar-refractivity contribution in [1.82, 2.24) is 4.72 Å². The first-order valence-corrected chi connectivity index (χ1v) is 8.70. The van der Waals surface area contributed by atoms with E-state index in [0.29, 0.717) is 17.1 Å². The average molecular weight is 338 g/mol. The topological polar surface area (TPSA) is 70.0 Å².